The van der Waals surface area contributed by atoms with E-state index in [1.807, 2.05) is 24.3 Å². The van der Waals surface area contributed by atoms with E-state index in [4.69, 9.17) is 16.3 Å². The van der Waals surface area contributed by atoms with Crippen molar-refractivity contribution < 1.29 is 17.9 Å². The summed E-state index contributed by atoms with van der Waals surface area (Å²) in [5.41, 5.74) is 1.49. The van der Waals surface area contributed by atoms with Crippen molar-refractivity contribution in [1.29, 1.82) is 0 Å². The van der Waals surface area contributed by atoms with Gasteiger partial charge >= 0.3 is 5.97 Å². The molecule has 0 unspecified atom stereocenters. The molecule has 2 aromatic rings. The van der Waals surface area contributed by atoms with Gasteiger partial charge in [0.1, 0.15) is 0 Å². The summed E-state index contributed by atoms with van der Waals surface area (Å²) in [5.74, 6) is -0.456. The van der Waals surface area contributed by atoms with Gasteiger partial charge in [0, 0.05) is 37.7 Å². The van der Waals surface area contributed by atoms with Gasteiger partial charge < -0.3 is 4.74 Å². The van der Waals surface area contributed by atoms with Crippen molar-refractivity contribution in [2.75, 3.05) is 32.8 Å². The van der Waals surface area contributed by atoms with Gasteiger partial charge in [-0.1, -0.05) is 23.7 Å². The summed E-state index contributed by atoms with van der Waals surface area (Å²) in [7, 11) is -3.58. The van der Waals surface area contributed by atoms with Crippen molar-refractivity contribution in [2.45, 2.75) is 18.4 Å². The van der Waals surface area contributed by atoms with Gasteiger partial charge in [0.25, 0.3) is 0 Å². The second kappa shape index (κ2) is 9.05. The molecule has 0 atom stereocenters. The van der Waals surface area contributed by atoms with Crippen LogP contribution in [0.1, 0.15) is 22.8 Å². The fourth-order valence-corrected chi connectivity index (χ4v) is 4.65. The Balaban J connectivity index is 1.61. The zero-order chi connectivity index (χ0) is 20.1. The molecule has 1 saturated heterocycles. The Bertz CT molecular complexity index is 906. The third kappa shape index (κ3) is 4.91. The van der Waals surface area contributed by atoms with Crippen molar-refractivity contribution in [3.63, 3.8) is 0 Å². The monoisotopic (exact) mass is 422 g/mol. The van der Waals surface area contributed by atoms with E-state index in [0.29, 0.717) is 36.8 Å². The Morgan fingerprint density at radius 1 is 1.00 bits per heavy atom. The van der Waals surface area contributed by atoms with Crippen LogP contribution in [0.5, 0.6) is 0 Å². The fourth-order valence-electron chi connectivity index (χ4n) is 3.10. The highest BCUT2D eigenvalue weighted by molar-refractivity contribution is 7.89. The zero-order valence-corrected chi connectivity index (χ0v) is 17.2. The minimum absolute atomic E-state index is 0.187. The molecule has 6 nitrogen and oxygen atoms in total. The van der Waals surface area contributed by atoms with Crippen LogP contribution < -0.4 is 0 Å². The molecule has 0 bridgehead atoms. The predicted molar refractivity (Wildman–Crippen MR) is 108 cm³/mol. The number of hydrogen-bond donors (Lipinski definition) is 0. The maximum atomic E-state index is 12.9. The number of halogens is 1. The molecule has 0 N–H and O–H groups in total. The molecule has 1 heterocycles. The standard InChI is InChI=1S/C20H23ClN2O4S/c1-2-27-20(24)17-5-9-19(10-6-17)28(25,26)23-13-11-22(12-14-23)15-16-3-7-18(21)8-4-16/h3-10H,2,11-15H2,1H3. The molecular weight excluding hydrogens is 400 g/mol. The summed E-state index contributed by atoms with van der Waals surface area (Å²) < 4.78 is 32.2. The van der Waals surface area contributed by atoms with Crippen LogP contribution in [0, 0.1) is 0 Å². The summed E-state index contributed by atoms with van der Waals surface area (Å²) in [6.45, 7) is 4.93. The van der Waals surface area contributed by atoms with E-state index < -0.39 is 16.0 Å². The first-order valence-corrected chi connectivity index (χ1v) is 11.0. The Morgan fingerprint density at radius 3 is 2.18 bits per heavy atom. The summed E-state index contributed by atoms with van der Waals surface area (Å²) in [5, 5.41) is 0.702. The van der Waals surface area contributed by atoms with Crippen LogP contribution in [0.4, 0.5) is 0 Å². The Kier molecular flexibility index (Phi) is 6.72. The molecule has 150 valence electrons. The normalized spacial score (nSPS) is 16.1. The number of nitrogens with zero attached hydrogens (tertiary/aromatic N) is 2. The minimum Gasteiger partial charge on any atom is -0.462 e. The number of carbonyl (C=O) groups excluding carboxylic acids is 1. The van der Waals surface area contributed by atoms with E-state index >= 15 is 0 Å². The van der Waals surface area contributed by atoms with Gasteiger partial charge in [0.15, 0.2) is 0 Å². The van der Waals surface area contributed by atoms with Gasteiger partial charge in [-0.3, -0.25) is 4.90 Å². The van der Waals surface area contributed by atoms with Crippen LogP contribution in [0.2, 0.25) is 5.02 Å². The summed E-state index contributed by atoms with van der Waals surface area (Å²) in [4.78, 5) is 14.1. The van der Waals surface area contributed by atoms with Crippen molar-refractivity contribution in [2.24, 2.45) is 0 Å². The quantitative estimate of drug-likeness (QED) is 0.669. The average Bonchev–Trinajstić information content (AvgIpc) is 2.70. The van der Waals surface area contributed by atoms with Gasteiger partial charge in [-0.25, -0.2) is 13.2 Å². The molecule has 2 aromatic carbocycles. The van der Waals surface area contributed by atoms with E-state index in [-0.39, 0.29) is 11.5 Å². The van der Waals surface area contributed by atoms with Crippen LogP contribution >= 0.6 is 11.6 Å². The van der Waals surface area contributed by atoms with Gasteiger partial charge in [-0.05, 0) is 48.9 Å². The maximum absolute atomic E-state index is 12.9. The van der Waals surface area contributed by atoms with Crippen molar-refractivity contribution in [3.8, 4) is 0 Å². The number of rotatable bonds is 6. The lowest BCUT2D eigenvalue weighted by molar-refractivity contribution is 0.0526. The van der Waals surface area contributed by atoms with Gasteiger partial charge in [0.05, 0.1) is 17.1 Å². The molecule has 0 aromatic heterocycles. The summed E-state index contributed by atoms with van der Waals surface area (Å²) in [6, 6.07) is 13.6. The molecule has 1 aliphatic heterocycles. The first kappa shape index (κ1) is 20.8. The smallest absolute Gasteiger partial charge is 0.338 e. The number of piperazine rings is 1. The third-order valence-corrected chi connectivity index (χ3v) is 6.82. The molecule has 1 aliphatic rings. The van der Waals surface area contributed by atoms with Crippen LogP contribution in [-0.4, -0.2) is 56.4 Å². The summed E-state index contributed by atoms with van der Waals surface area (Å²) in [6.07, 6.45) is 0. The molecule has 1 fully saturated rings. The lowest BCUT2D eigenvalue weighted by Gasteiger charge is -2.34. The minimum atomic E-state index is -3.58. The van der Waals surface area contributed by atoms with Crippen molar-refractivity contribution in [1.82, 2.24) is 9.21 Å². The highest BCUT2D eigenvalue weighted by Crippen LogP contribution is 2.20. The number of hydrogen-bond acceptors (Lipinski definition) is 5. The SMILES string of the molecule is CCOC(=O)c1ccc(S(=O)(=O)N2CCN(Cc3ccc(Cl)cc3)CC2)cc1. The number of carbonyl (C=O) groups is 1. The average molecular weight is 423 g/mol. The van der Waals surface area contributed by atoms with Gasteiger partial charge in [-0.2, -0.15) is 4.31 Å². The van der Waals surface area contributed by atoms with Crippen LogP contribution in [-0.2, 0) is 21.3 Å². The molecule has 0 aliphatic carbocycles. The molecular formula is C20H23ClN2O4S. The fraction of sp³-hybridized carbons (Fsp3) is 0.350. The van der Waals surface area contributed by atoms with E-state index in [2.05, 4.69) is 4.90 Å². The second-order valence-corrected chi connectivity index (χ2v) is 8.93. The Hall–Kier alpha value is -1.93. The Labute approximate surface area is 170 Å². The molecule has 0 saturated carbocycles. The van der Waals surface area contributed by atoms with Crippen molar-refractivity contribution >= 4 is 27.6 Å². The predicted octanol–water partition coefficient (Wildman–Crippen LogP) is 3.02. The Morgan fingerprint density at radius 2 is 1.61 bits per heavy atom. The van der Waals surface area contributed by atoms with Crippen LogP contribution in [0.15, 0.2) is 53.4 Å². The molecule has 0 spiro atoms. The number of sulfonamides is 1. The highest BCUT2D eigenvalue weighted by atomic mass is 35.5. The summed E-state index contributed by atoms with van der Waals surface area (Å²) >= 11 is 5.91. The molecule has 3 rings (SSSR count). The highest BCUT2D eigenvalue weighted by Gasteiger charge is 2.28. The number of esters is 1. The lowest BCUT2D eigenvalue weighted by Crippen LogP contribution is -2.48. The van der Waals surface area contributed by atoms with Crippen molar-refractivity contribution in [3.05, 3.63) is 64.7 Å². The topological polar surface area (TPSA) is 66.9 Å². The van der Waals surface area contributed by atoms with E-state index in [1.54, 1.807) is 6.92 Å². The van der Waals surface area contributed by atoms with Crippen LogP contribution in [0.3, 0.4) is 0 Å². The maximum Gasteiger partial charge on any atom is 0.338 e. The van der Waals surface area contributed by atoms with E-state index in [9.17, 15) is 13.2 Å². The first-order valence-electron chi connectivity index (χ1n) is 9.14. The lowest BCUT2D eigenvalue weighted by atomic mass is 10.2. The molecule has 8 heteroatoms. The molecule has 28 heavy (non-hydrogen) atoms. The molecule has 0 amide bonds. The van der Waals surface area contributed by atoms with Gasteiger partial charge in [-0.15, -0.1) is 0 Å². The van der Waals surface area contributed by atoms with Crippen LogP contribution in [0.25, 0.3) is 0 Å². The van der Waals surface area contributed by atoms with Gasteiger partial charge in [0.2, 0.25) is 10.0 Å². The molecule has 0 radical (unpaired) electrons. The number of benzene rings is 2. The second-order valence-electron chi connectivity index (χ2n) is 6.55. The largest absolute Gasteiger partial charge is 0.462 e. The first-order chi connectivity index (χ1) is 13.4. The van der Waals surface area contributed by atoms with E-state index in [0.717, 1.165) is 12.1 Å². The third-order valence-electron chi connectivity index (χ3n) is 4.65. The van der Waals surface area contributed by atoms with E-state index in [1.165, 1.54) is 28.6 Å². The number of ether oxygens (including phenoxy) is 1. The zero-order valence-electron chi connectivity index (χ0n) is 15.7.